The summed E-state index contributed by atoms with van der Waals surface area (Å²) in [6, 6.07) is 15.4. The summed E-state index contributed by atoms with van der Waals surface area (Å²) in [6.45, 7) is 6.16. The highest BCUT2D eigenvalue weighted by atomic mass is 16.5. The summed E-state index contributed by atoms with van der Waals surface area (Å²) in [4.78, 5) is 25.8. The van der Waals surface area contributed by atoms with E-state index >= 15 is 0 Å². The molecule has 5 nitrogen and oxygen atoms in total. The number of carbonyl (C=O) groups is 2. The van der Waals surface area contributed by atoms with Crippen LogP contribution in [0.4, 0.5) is 5.69 Å². The van der Waals surface area contributed by atoms with Gasteiger partial charge in [-0.1, -0.05) is 51.1 Å². The molecule has 0 bridgehead atoms. The maximum absolute atomic E-state index is 12.2. The quantitative estimate of drug-likeness (QED) is 0.770. The molecule has 144 valence electrons. The number of aryl methyl sites for hydroxylation is 1. The molecule has 2 aromatic rings. The molecular weight excluding hydrogens is 340 g/mol. The maximum atomic E-state index is 12.2. The van der Waals surface area contributed by atoms with E-state index in [0.29, 0.717) is 11.7 Å². The molecule has 0 aliphatic carbocycles. The van der Waals surface area contributed by atoms with E-state index in [1.54, 1.807) is 7.05 Å². The fourth-order valence-electron chi connectivity index (χ4n) is 2.65. The van der Waals surface area contributed by atoms with Gasteiger partial charge in [0.15, 0.2) is 6.61 Å². The third-order valence-electron chi connectivity index (χ3n) is 4.39. The number of anilines is 1. The molecule has 0 saturated carbocycles. The minimum absolute atomic E-state index is 0.0213. The number of nitrogens with one attached hydrogen (secondary N) is 1. The van der Waals surface area contributed by atoms with Crippen LogP contribution in [0, 0.1) is 0 Å². The van der Waals surface area contributed by atoms with Gasteiger partial charge in [-0.2, -0.15) is 0 Å². The van der Waals surface area contributed by atoms with Crippen LogP contribution in [0.5, 0.6) is 5.75 Å². The Hall–Kier alpha value is -2.82. The Kier molecular flexibility index (Phi) is 7.41. The predicted molar refractivity (Wildman–Crippen MR) is 108 cm³/mol. The number of nitrogens with zero attached hydrogens (tertiary/aromatic N) is 1. The van der Waals surface area contributed by atoms with Gasteiger partial charge >= 0.3 is 0 Å². The number of amides is 2. The third-order valence-corrected chi connectivity index (χ3v) is 4.39. The van der Waals surface area contributed by atoms with Crippen LogP contribution in [0.25, 0.3) is 0 Å². The number of benzene rings is 2. The lowest BCUT2D eigenvalue weighted by atomic mass is 10.0. The van der Waals surface area contributed by atoms with Gasteiger partial charge < -0.3 is 15.0 Å². The van der Waals surface area contributed by atoms with E-state index in [-0.39, 0.29) is 25.0 Å². The van der Waals surface area contributed by atoms with E-state index in [1.165, 1.54) is 10.5 Å². The minimum atomic E-state index is -0.248. The van der Waals surface area contributed by atoms with Crippen molar-refractivity contribution >= 4 is 17.5 Å². The molecule has 0 aliphatic rings. The van der Waals surface area contributed by atoms with Crippen molar-refractivity contribution in [1.82, 2.24) is 4.90 Å². The SMILES string of the molecule is CCc1ccccc1NC(=O)CN(C)C(=O)COc1ccc(C(C)C)cc1. The first-order valence-corrected chi connectivity index (χ1v) is 9.25. The first-order chi connectivity index (χ1) is 12.9. The average Bonchev–Trinajstić information content (AvgIpc) is 2.66. The van der Waals surface area contributed by atoms with Crippen molar-refractivity contribution in [1.29, 1.82) is 0 Å². The number of ether oxygens (including phenoxy) is 1. The zero-order chi connectivity index (χ0) is 19.8. The highest BCUT2D eigenvalue weighted by molar-refractivity contribution is 5.95. The van der Waals surface area contributed by atoms with Crippen LogP contribution in [0.15, 0.2) is 48.5 Å². The van der Waals surface area contributed by atoms with Gasteiger partial charge in [0.05, 0.1) is 6.54 Å². The van der Waals surface area contributed by atoms with E-state index in [9.17, 15) is 9.59 Å². The van der Waals surface area contributed by atoms with E-state index in [4.69, 9.17) is 4.74 Å². The van der Waals surface area contributed by atoms with Crippen molar-refractivity contribution in [2.24, 2.45) is 0 Å². The first kappa shape index (κ1) is 20.5. The average molecular weight is 368 g/mol. The van der Waals surface area contributed by atoms with Crippen molar-refractivity contribution in [3.63, 3.8) is 0 Å². The summed E-state index contributed by atoms with van der Waals surface area (Å²) in [6.07, 6.45) is 0.828. The zero-order valence-corrected chi connectivity index (χ0v) is 16.5. The molecule has 0 heterocycles. The molecule has 1 N–H and O–H groups in total. The van der Waals surface area contributed by atoms with Gasteiger partial charge in [0.2, 0.25) is 5.91 Å². The number of para-hydroxylation sites is 1. The predicted octanol–water partition coefficient (Wildman–Crippen LogP) is 3.85. The van der Waals surface area contributed by atoms with Crippen molar-refractivity contribution in [2.45, 2.75) is 33.1 Å². The summed E-state index contributed by atoms with van der Waals surface area (Å²) in [5.74, 6) is 0.612. The van der Waals surface area contributed by atoms with Gasteiger partial charge in [-0.05, 0) is 41.7 Å². The van der Waals surface area contributed by atoms with Gasteiger partial charge in [-0.25, -0.2) is 0 Å². The van der Waals surface area contributed by atoms with Crippen LogP contribution in [-0.4, -0.2) is 36.9 Å². The Morgan fingerprint density at radius 1 is 1.07 bits per heavy atom. The summed E-state index contributed by atoms with van der Waals surface area (Å²) in [5, 5.41) is 2.86. The molecule has 0 unspecified atom stereocenters. The van der Waals surface area contributed by atoms with E-state index in [0.717, 1.165) is 17.7 Å². The molecular formula is C22H28N2O3. The van der Waals surface area contributed by atoms with Gasteiger partial charge in [0.1, 0.15) is 5.75 Å². The molecule has 2 rings (SSSR count). The van der Waals surface area contributed by atoms with Gasteiger partial charge in [0.25, 0.3) is 5.91 Å². The second-order valence-corrected chi connectivity index (χ2v) is 6.82. The molecule has 0 atom stereocenters. The van der Waals surface area contributed by atoms with E-state index < -0.39 is 0 Å². The number of rotatable bonds is 8. The number of carbonyl (C=O) groups excluding carboxylic acids is 2. The van der Waals surface area contributed by atoms with Gasteiger partial charge in [0, 0.05) is 12.7 Å². The lowest BCUT2D eigenvalue weighted by Gasteiger charge is -2.18. The van der Waals surface area contributed by atoms with Crippen LogP contribution in [0.1, 0.15) is 37.8 Å². The Morgan fingerprint density at radius 3 is 2.37 bits per heavy atom. The molecule has 0 aromatic heterocycles. The van der Waals surface area contributed by atoms with E-state index in [1.807, 2.05) is 55.5 Å². The largest absolute Gasteiger partial charge is 0.484 e. The second-order valence-electron chi connectivity index (χ2n) is 6.82. The van der Waals surface area contributed by atoms with Gasteiger partial charge in [-0.3, -0.25) is 9.59 Å². The Labute approximate surface area is 161 Å². The fraction of sp³-hybridized carbons (Fsp3) is 0.364. The number of likely N-dealkylation sites (N-methyl/N-ethyl adjacent to an activating group) is 1. The third kappa shape index (κ3) is 6.13. The lowest BCUT2D eigenvalue weighted by Crippen LogP contribution is -2.37. The highest BCUT2D eigenvalue weighted by Gasteiger charge is 2.14. The Balaban J connectivity index is 1.83. The van der Waals surface area contributed by atoms with Crippen LogP contribution < -0.4 is 10.1 Å². The normalized spacial score (nSPS) is 10.6. The van der Waals surface area contributed by atoms with Crippen molar-refractivity contribution in [3.8, 4) is 5.75 Å². The van der Waals surface area contributed by atoms with Crippen LogP contribution in [0.2, 0.25) is 0 Å². The summed E-state index contributed by atoms with van der Waals surface area (Å²) in [7, 11) is 1.60. The summed E-state index contributed by atoms with van der Waals surface area (Å²) < 4.78 is 5.54. The molecule has 27 heavy (non-hydrogen) atoms. The van der Waals surface area contributed by atoms with Crippen molar-refractivity contribution < 1.29 is 14.3 Å². The molecule has 2 amide bonds. The molecule has 2 aromatic carbocycles. The van der Waals surface area contributed by atoms with Crippen molar-refractivity contribution in [3.05, 3.63) is 59.7 Å². The zero-order valence-electron chi connectivity index (χ0n) is 16.5. The summed E-state index contributed by atoms with van der Waals surface area (Å²) >= 11 is 0. The highest BCUT2D eigenvalue weighted by Crippen LogP contribution is 2.18. The smallest absolute Gasteiger partial charge is 0.260 e. The lowest BCUT2D eigenvalue weighted by molar-refractivity contribution is -0.135. The standard InChI is InChI=1S/C22H28N2O3/c1-5-17-8-6-7-9-20(17)23-21(25)14-24(4)22(26)15-27-19-12-10-18(11-13-19)16(2)3/h6-13,16H,5,14-15H2,1-4H3,(H,23,25). The molecule has 0 spiro atoms. The topological polar surface area (TPSA) is 58.6 Å². The Morgan fingerprint density at radius 2 is 1.74 bits per heavy atom. The van der Waals surface area contributed by atoms with Crippen LogP contribution in [0.3, 0.4) is 0 Å². The van der Waals surface area contributed by atoms with Crippen LogP contribution >= 0.6 is 0 Å². The maximum Gasteiger partial charge on any atom is 0.260 e. The molecule has 0 fully saturated rings. The minimum Gasteiger partial charge on any atom is -0.484 e. The first-order valence-electron chi connectivity index (χ1n) is 9.25. The molecule has 5 heteroatoms. The second kappa shape index (κ2) is 9.76. The number of hydrogen-bond donors (Lipinski definition) is 1. The monoisotopic (exact) mass is 368 g/mol. The van der Waals surface area contributed by atoms with Crippen molar-refractivity contribution in [2.75, 3.05) is 25.5 Å². The number of hydrogen-bond acceptors (Lipinski definition) is 3. The molecule has 0 radical (unpaired) electrons. The van der Waals surface area contributed by atoms with E-state index in [2.05, 4.69) is 19.2 Å². The fourth-order valence-corrected chi connectivity index (χ4v) is 2.65. The van der Waals surface area contributed by atoms with Gasteiger partial charge in [-0.15, -0.1) is 0 Å². The molecule has 0 aliphatic heterocycles. The van der Waals surface area contributed by atoms with Crippen LogP contribution in [-0.2, 0) is 16.0 Å². The Bertz CT molecular complexity index is 769. The molecule has 0 saturated heterocycles. The summed E-state index contributed by atoms with van der Waals surface area (Å²) in [5.41, 5.74) is 3.06.